The van der Waals surface area contributed by atoms with Crippen LogP contribution in [0.5, 0.6) is 0 Å². The second kappa shape index (κ2) is 5.99. The van der Waals surface area contributed by atoms with Crippen molar-refractivity contribution in [3.63, 3.8) is 0 Å². The monoisotopic (exact) mass is 303 g/mol. The van der Waals surface area contributed by atoms with Crippen LogP contribution in [0.25, 0.3) is 11.2 Å². The molecule has 1 fully saturated rings. The van der Waals surface area contributed by atoms with Crippen molar-refractivity contribution >= 4 is 22.9 Å². The van der Waals surface area contributed by atoms with Crippen molar-refractivity contribution in [3.05, 3.63) is 24.2 Å². The lowest BCUT2D eigenvalue weighted by atomic mass is 9.96. The lowest BCUT2D eigenvalue weighted by molar-refractivity contribution is 0.341. The molecule has 0 bridgehead atoms. The van der Waals surface area contributed by atoms with Crippen molar-refractivity contribution in [1.82, 2.24) is 14.5 Å². The highest BCUT2D eigenvalue weighted by Gasteiger charge is 2.22. The summed E-state index contributed by atoms with van der Waals surface area (Å²) in [5.41, 5.74) is 2.32. The van der Waals surface area contributed by atoms with Crippen molar-refractivity contribution in [3.8, 4) is 0 Å². The first-order valence-corrected chi connectivity index (χ1v) is 8.99. The predicted molar refractivity (Wildman–Crippen MR) is 90.8 cm³/mol. The zero-order valence-electron chi connectivity index (χ0n) is 13.3. The maximum absolute atomic E-state index is 4.88. The maximum Gasteiger partial charge on any atom is 0.160 e. The van der Waals surface area contributed by atoms with Crippen LogP contribution >= 0.6 is 11.8 Å². The summed E-state index contributed by atoms with van der Waals surface area (Å²) in [7, 11) is 0. The van der Waals surface area contributed by atoms with E-state index in [0.29, 0.717) is 0 Å². The van der Waals surface area contributed by atoms with Gasteiger partial charge in [0.1, 0.15) is 11.3 Å². The van der Waals surface area contributed by atoms with Gasteiger partial charge < -0.3 is 4.57 Å². The number of hydrogen-bond donors (Lipinski definition) is 0. The molecule has 2 aromatic heterocycles. The Morgan fingerprint density at radius 1 is 1.33 bits per heavy atom. The summed E-state index contributed by atoms with van der Waals surface area (Å²) in [5, 5.41) is 0.731. The molecule has 114 valence electrons. The van der Waals surface area contributed by atoms with E-state index in [0.717, 1.165) is 29.4 Å². The maximum atomic E-state index is 4.88. The van der Waals surface area contributed by atoms with Gasteiger partial charge in [-0.3, -0.25) is 0 Å². The summed E-state index contributed by atoms with van der Waals surface area (Å²) in [6.45, 7) is 7.82. The topological polar surface area (TPSA) is 30.7 Å². The molecule has 0 spiro atoms. The van der Waals surface area contributed by atoms with E-state index in [4.69, 9.17) is 4.98 Å². The summed E-state index contributed by atoms with van der Waals surface area (Å²) < 4.78 is 2.35. The number of aromatic nitrogens is 3. The molecule has 3 rings (SSSR count). The molecule has 1 saturated heterocycles. The summed E-state index contributed by atoms with van der Waals surface area (Å²) in [6, 6.07) is 4.06. The third-order valence-corrected chi connectivity index (χ3v) is 5.30. The molecule has 0 aromatic carbocycles. The van der Waals surface area contributed by atoms with Crippen molar-refractivity contribution in [1.29, 1.82) is 0 Å². The normalized spacial score (nSPS) is 20.0. The molecular formula is C17H25N3S. The Balaban J connectivity index is 1.93. The number of pyridine rings is 1. The molecule has 1 atom stereocenters. The van der Waals surface area contributed by atoms with Crippen LogP contribution in [0.3, 0.4) is 0 Å². The first-order chi connectivity index (χ1) is 10.0. The Morgan fingerprint density at radius 3 is 2.90 bits per heavy atom. The number of fused-ring (bicyclic) bond motifs is 1. The minimum atomic E-state index is 0.236. The van der Waals surface area contributed by atoms with Crippen LogP contribution in [0, 0.1) is 5.41 Å². The zero-order chi connectivity index (χ0) is 14.9. The van der Waals surface area contributed by atoms with Crippen LogP contribution in [0.15, 0.2) is 18.3 Å². The molecule has 1 aliphatic heterocycles. The molecule has 0 saturated carbocycles. The molecule has 21 heavy (non-hydrogen) atoms. The molecule has 2 aromatic rings. The number of thioether (sulfide) groups is 1. The second-order valence-electron chi connectivity index (χ2n) is 7.21. The minimum Gasteiger partial charge on any atom is -0.312 e. The fourth-order valence-corrected chi connectivity index (χ4v) is 4.28. The van der Waals surface area contributed by atoms with E-state index in [-0.39, 0.29) is 5.41 Å². The Hall–Kier alpha value is -1.03. The fraction of sp³-hybridized carbons (Fsp3) is 0.647. The molecular weight excluding hydrogens is 278 g/mol. The van der Waals surface area contributed by atoms with Crippen LogP contribution in [0.2, 0.25) is 0 Å². The molecule has 3 heterocycles. The van der Waals surface area contributed by atoms with Gasteiger partial charge in [0.2, 0.25) is 0 Å². The highest BCUT2D eigenvalue weighted by Crippen LogP contribution is 2.29. The predicted octanol–water partition coefficient (Wildman–Crippen LogP) is 4.31. The Bertz CT molecular complexity index is 606. The van der Waals surface area contributed by atoms with Gasteiger partial charge in [-0.2, -0.15) is 11.8 Å². The summed E-state index contributed by atoms with van der Waals surface area (Å²) >= 11 is 2.12. The largest absolute Gasteiger partial charge is 0.312 e. The Morgan fingerprint density at radius 2 is 2.19 bits per heavy atom. The number of nitrogens with zero attached hydrogens (tertiary/aromatic N) is 3. The average molecular weight is 303 g/mol. The third kappa shape index (κ3) is 3.60. The second-order valence-corrected chi connectivity index (χ2v) is 8.62. The van der Waals surface area contributed by atoms with E-state index in [1.54, 1.807) is 0 Å². The molecule has 1 aliphatic rings. The van der Waals surface area contributed by atoms with Gasteiger partial charge in [-0.1, -0.05) is 27.2 Å². The van der Waals surface area contributed by atoms with E-state index in [9.17, 15) is 0 Å². The molecule has 0 amide bonds. The number of hydrogen-bond acceptors (Lipinski definition) is 3. The van der Waals surface area contributed by atoms with Crippen LogP contribution < -0.4 is 0 Å². The lowest BCUT2D eigenvalue weighted by Gasteiger charge is -2.24. The molecule has 0 N–H and O–H groups in total. The standard InChI is InChI=1S/C17H25N3S/c1-17(2,3)12-20-15(11-13-7-4-5-10-21-13)19-14-8-6-9-18-16(14)20/h6,8-9,13H,4-5,7,10-12H2,1-3H3. The van der Waals surface area contributed by atoms with Gasteiger partial charge >= 0.3 is 0 Å². The molecule has 0 aliphatic carbocycles. The van der Waals surface area contributed by atoms with Gasteiger partial charge in [-0.15, -0.1) is 0 Å². The number of imidazole rings is 1. The lowest BCUT2D eigenvalue weighted by Crippen LogP contribution is -2.21. The van der Waals surface area contributed by atoms with Crippen LogP contribution in [0.4, 0.5) is 0 Å². The van der Waals surface area contributed by atoms with Crippen molar-refractivity contribution in [2.75, 3.05) is 5.75 Å². The molecule has 0 radical (unpaired) electrons. The molecule has 1 unspecified atom stereocenters. The van der Waals surface area contributed by atoms with Gasteiger partial charge in [0.25, 0.3) is 0 Å². The summed E-state index contributed by atoms with van der Waals surface area (Å²) in [4.78, 5) is 9.45. The first kappa shape index (κ1) is 14.9. The summed E-state index contributed by atoms with van der Waals surface area (Å²) in [6.07, 6.45) is 7.03. The Labute approximate surface area is 131 Å². The quantitative estimate of drug-likeness (QED) is 0.846. The SMILES string of the molecule is CC(C)(C)Cn1c(CC2CCCCS2)nc2cccnc21. The van der Waals surface area contributed by atoms with Crippen molar-refractivity contribution in [2.45, 2.75) is 58.2 Å². The average Bonchev–Trinajstić information content (AvgIpc) is 2.76. The van der Waals surface area contributed by atoms with Gasteiger partial charge in [0.05, 0.1) is 0 Å². The zero-order valence-corrected chi connectivity index (χ0v) is 14.1. The van der Waals surface area contributed by atoms with E-state index in [1.165, 1.54) is 30.8 Å². The number of rotatable bonds is 3. The smallest absolute Gasteiger partial charge is 0.160 e. The summed E-state index contributed by atoms with van der Waals surface area (Å²) in [5.74, 6) is 2.53. The van der Waals surface area contributed by atoms with Crippen LogP contribution in [-0.2, 0) is 13.0 Å². The van der Waals surface area contributed by atoms with Gasteiger partial charge in [0, 0.05) is 24.4 Å². The molecule has 3 nitrogen and oxygen atoms in total. The fourth-order valence-electron chi connectivity index (χ4n) is 2.97. The van der Waals surface area contributed by atoms with Crippen molar-refractivity contribution in [2.24, 2.45) is 5.41 Å². The van der Waals surface area contributed by atoms with Crippen molar-refractivity contribution < 1.29 is 0 Å². The van der Waals surface area contributed by atoms with E-state index >= 15 is 0 Å². The highest BCUT2D eigenvalue weighted by atomic mass is 32.2. The van der Waals surface area contributed by atoms with E-state index < -0.39 is 0 Å². The molecule has 4 heteroatoms. The minimum absolute atomic E-state index is 0.236. The van der Waals surface area contributed by atoms with Gasteiger partial charge in [-0.25, -0.2) is 9.97 Å². The van der Waals surface area contributed by atoms with Gasteiger partial charge in [0.15, 0.2) is 5.65 Å². The third-order valence-electron chi connectivity index (χ3n) is 3.90. The Kier molecular flexibility index (Phi) is 4.25. The van der Waals surface area contributed by atoms with Crippen LogP contribution in [0.1, 0.15) is 45.9 Å². The van der Waals surface area contributed by atoms with Gasteiger partial charge in [-0.05, 0) is 36.1 Å². The van der Waals surface area contributed by atoms with E-state index in [2.05, 4.69) is 48.2 Å². The first-order valence-electron chi connectivity index (χ1n) is 7.95. The highest BCUT2D eigenvalue weighted by molar-refractivity contribution is 7.99. The van der Waals surface area contributed by atoms with Crippen LogP contribution in [-0.4, -0.2) is 25.5 Å². The van der Waals surface area contributed by atoms with E-state index in [1.807, 2.05) is 12.3 Å².